The van der Waals surface area contributed by atoms with Gasteiger partial charge in [0.2, 0.25) is 0 Å². The number of rotatable bonds is 6. The summed E-state index contributed by atoms with van der Waals surface area (Å²) in [4.78, 5) is 2.46. The summed E-state index contributed by atoms with van der Waals surface area (Å²) in [5, 5.41) is 4.70. The highest BCUT2D eigenvalue weighted by atomic mass is 16.3. The van der Waals surface area contributed by atoms with Crippen LogP contribution in [0.15, 0.2) is 205 Å². The molecule has 0 amide bonds. The van der Waals surface area contributed by atoms with Gasteiger partial charge in [0.1, 0.15) is 11.2 Å². The van der Waals surface area contributed by atoms with E-state index in [1.165, 1.54) is 55.3 Å². The highest BCUT2D eigenvalue weighted by Gasteiger charge is 2.38. The minimum atomic E-state index is -0.197. The summed E-state index contributed by atoms with van der Waals surface area (Å²) in [7, 11) is 0. The molecule has 0 saturated carbocycles. The lowest BCUT2D eigenvalue weighted by molar-refractivity contribution is 0.662. The van der Waals surface area contributed by atoms with Crippen molar-refractivity contribution in [1.82, 2.24) is 0 Å². The van der Waals surface area contributed by atoms with Gasteiger partial charge in [-0.3, -0.25) is 0 Å². The lowest BCUT2D eigenvalue weighted by Crippen LogP contribution is -2.17. The fraction of sp³-hybridized carbons (Fsp3) is 0.0545. The van der Waals surface area contributed by atoms with Crippen molar-refractivity contribution in [1.29, 1.82) is 0 Å². The van der Waals surface area contributed by atoms with Crippen LogP contribution < -0.4 is 4.90 Å². The van der Waals surface area contributed by atoms with Gasteiger partial charge in [-0.2, -0.15) is 0 Å². The molecule has 0 bridgehead atoms. The van der Waals surface area contributed by atoms with E-state index < -0.39 is 0 Å². The fourth-order valence-corrected chi connectivity index (χ4v) is 9.47. The highest BCUT2D eigenvalue weighted by molar-refractivity contribution is 6.12. The second-order valence-corrected chi connectivity index (χ2v) is 15.7. The summed E-state index contributed by atoms with van der Waals surface area (Å²) in [6, 6.07) is 72.7. The minimum absolute atomic E-state index is 0.197. The van der Waals surface area contributed by atoms with Crippen molar-refractivity contribution in [2.24, 2.45) is 0 Å². The molecule has 0 radical (unpaired) electrons. The molecule has 0 saturated heterocycles. The SMILES string of the molecule is CC1(C)c2ccccc2-c2cccc(-c3c(-c4ccccc4)cccc3N(c3ccc(-c4cccc5oc6ccccc6c45)cc3)c3ccc4ccccc4c3)c21. The predicted molar refractivity (Wildman–Crippen MR) is 240 cm³/mol. The van der Waals surface area contributed by atoms with E-state index in [4.69, 9.17) is 4.42 Å². The van der Waals surface area contributed by atoms with E-state index in [9.17, 15) is 0 Å². The Hall–Kier alpha value is -7.16. The first kappa shape index (κ1) is 33.2. The van der Waals surface area contributed by atoms with Crippen LogP contribution in [0.1, 0.15) is 25.0 Å². The summed E-state index contributed by atoms with van der Waals surface area (Å²) < 4.78 is 6.29. The predicted octanol–water partition coefficient (Wildman–Crippen LogP) is 15.5. The lowest BCUT2D eigenvalue weighted by atomic mass is 9.77. The number of para-hydroxylation sites is 1. The fourth-order valence-electron chi connectivity index (χ4n) is 9.47. The van der Waals surface area contributed by atoms with Gasteiger partial charge in [0.05, 0.1) is 5.69 Å². The number of furan rings is 1. The van der Waals surface area contributed by atoms with Crippen molar-refractivity contribution in [2.45, 2.75) is 19.3 Å². The monoisotopic (exact) mass is 729 g/mol. The van der Waals surface area contributed by atoms with Gasteiger partial charge in [-0.05, 0) is 103 Å². The summed E-state index contributed by atoms with van der Waals surface area (Å²) in [5.74, 6) is 0. The summed E-state index contributed by atoms with van der Waals surface area (Å²) >= 11 is 0. The lowest BCUT2D eigenvalue weighted by Gasteiger charge is -2.32. The highest BCUT2D eigenvalue weighted by Crippen LogP contribution is 2.55. The van der Waals surface area contributed by atoms with Crippen LogP contribution in [0.3, 0.4) is 0 Å². The standard InChI is InChI=1S/C55H39NO/c1-55(2)48-25-10-8-19-44(48)45-23-12-24-47(54(45)55)52-42(37-16-4-3-5-17-37)21-13-26-49(52)56(41-34-29-36-15-6-7-18-39(36)35-41)40-32-30-38(31-33-40)43-22-14-28-51-53(43)46-20-9-11-27-50(46)57-51/h3-35H,1-2H3. The van der Waals surface area contributed by atoms with Gasteiger partial charge in [-0.25, -0.2) is 0 Å². The third-order valence-electron chi connectivity index (χ3n) is 12.0. The van der Waals surface area contributed by atoms with Gasteiger partial charge in [-0.15, -0.1) is 0 Å². The zero-order chi connectivity index (χ0) is 38.1. The first-order chi connectivity index (χ1) is 28.0. The summed E-state index contributed by atoms with van der Waals surface area (Å²) in [6.07, 6.45) is 0. The van der Waals surface area contributed by atoms with E-state index in [1.807, 2.05) is 12.1 Å². The first-order valence-electron chi connectivity index (χ1n) is 19.8. The molecule has 57 heavy (non-hydrogen) atoms. The number of hydrogen-bond donors (Lipinski definition) is 0. The molecule has 0 atom stereocenters. The Labute approximate surface area is 332 Å². The molecule has 0 aliphatic heterocycles. The van der Waals surface area contributed by atoms with Crippen LogP contribution in [-0.2, 0) is 5.41 Å². The van der Waals surface area contributed by atoms with Crippen LogP contribution in [0, 0.1) is 0 Å². The van der Waals surface area contributed by atoms with Crippen LogP contribution in [0.2, 0.25) is 0 Å². The maximum atomic E-state index is 6.29. The van der Waals surface area contributed by atoms with E-state index in [1.54, 1.807) is 0 Å². The maximum absolute atomic E-state index is 6.29. The van der Waals surface area contributed by atoms with Crippen LogP contribution in [-0.4, -0.2) is 0 Å². The molecule has 0 fully saturated rings. The molecular weight excluding hydrogens is 691 g/mol. The van der Waals surface area contributed by atoms with Crippen LogP contribution in [0.5, 0.6) is 0 Å². The second-order valence-electron chi connectivity index (χ2n) is 15.7. The van der Waals surface area contributed by atoms with E-state index in [0.29, 0.717) is 0 Å². The first-order valence-corrected chi connectivity index (χ1v) is 19.8. The molecule has 1 heterocycles. The third-order valence-corrected chi connectivity index (χ3v) is 12.0. The third kappa shape index (κ3) is 5.25. The molecular formula is C55H39NO. The van der Waals surface area contributed by atoms with Crippen molar-refractivity contribution in [3.8, 4) is 44.5 Å². The second kappa shape index (κ2) is 13.0. The molecule has 2 nitrogen and oxygen atoms in total. The molecule has 1 aromatic heterocycles. The number of nitrogens with zero attached hydrogens (tertiary/aromatic N) is 1. The molecule has 11 rings (SSSR count). The topological polar surface area (TPSA) is 16.4 Å². The zero-order valence-electron chi connectivity index (χ0n) is 31.9. The average Bonchev–Trinajstić information content (AvgIpc) is 3.76. The molecule has 1 aliphatic carbocycles. The van der Waals surface area contributed by atoms with Gasteiger partial charge in [0.25, 0.3) is 0 Å². The van der Waals surface area contributed by atoms with Gasteiger partial charge < -0.3 is 9.32 Å². The van der Waals surface area contributed by atoms with Gasteiger partial charge in [0, 0.05) is 33.1 Å². The maximum Gasteiger partial charge on any atom is 0.136 e. The average molecular weight is 730 g/mol. The number of hydrogen-bond acceptors (Lipinski definition) is 2. The molecule has 0 unspecified atom stereocenters. The smallest absolute Gasteiger partial charge is 0.136 e. The van der Waals surface area contributed by atoms with E-state index in [-0.39, 0.29) is 5.41 Å². The number of anilines is 3. The summed E-state index contributed by atoms with van der Waals surface area (Å²) in [5.41, 5.74) is 17.5. The molecule has 270 valence electrons. The Morgan fingerprint density at radius 2 is 1.04 bits per heavy atom. The molecule has 10 aromatic rings. The molecule has 2 heteroatoms. The summed E-state index contributed by atoms with van der Waals surface area (Å²) in [6.45, 7) is 4.77. The van der Waals surface area contributed by atoms with Crippen molar-refractivity contribution in [3.63, 3.8) is 0 Å². The molecule has 0 spiro atoms. The number of benzene rings is 9. The van der Waals surface area contributed by atoms with Crippen LogP contribution in [0.4, 0.5) is 17.1 Å². The Morgan fingerprint density at radius 3 is 1.91 bits per heavy atom. The van der Waals surface area contributed by atoms with E-state index >= 15 is 0 Å². The Balaban J connectivity index is 1.17. The quantitative estimate of drug-likeness (QED) is 0.169. The van der Waals surface area contributed by atoms with Crippen LogP contribution in [0.25, 0.3) is 77.2 Å². The largest absolute Gasteiger partial charge is 0.456 e. The Bertz CT molecular complexity index is 3150. The molecule has 1 aliphatic rings. The van der Waals surface area contributed by atoms with E-state index in [0.717, 1.165) is 50.1 Å². The Kier molecular flexibility index (Phi) is 7.55. The number of fused-ring (bicyclic) bond motifs is 7. The zero-order valence-corrected chi connectivity index (χ0v) is 31.9. The van der Waals surface area contributed by atoms with Gasteiger partial charge in [-0.1, -0.05) is 172 Å². The van der Waals surface area contributed by atoms with Crippen molar-refractivity contribution in [3.05, 3.63) is 211 Å². The van der Waals surface area contributed by atoms with Gasteiger partial charge >= 0.3 is 0 Å². The van der Waals surface area contributed by atoms with E-state index in [2.05, 4.69) is 207 Å². The minimum Gasteiger partial charge on any atom is -0.456 e. The normalized spacial score (nSPS) is 12.9. The van der Waals surface area contributed by atoms with Gasteiger partial charge in [0.15, 0.2) is 0 Å². The van der Waals surface area contributed by atoms with Crippen molar-refractivity contribution < 1.29 is 4.42 Å². The van der Waals surface area contributed by atoms with Crippen LogP contribution >= 0.6 is 0 Å². The molecule has 0 N–H and O–H groups in total. The molecule has 9 aromatic carbocycles. The Morgan fingerprint density at radius 1 is 0.421 bits per heavy atom. The van der Waals surface area contributed by atoms with Crippen molar-refractivity contribution >= 4 is 49.8 Å². The van der Waals surface area contributed by atoms with Crippen molar-refractivity contribution in [2.75, 3.05) is 4.90 Å².